The number of carbonyl (C=O) groups excluding carboxylic acids is 1. The van der Waals surface area contributed by atoms with Gasteiger partial charge in [-0.1, -0.05) is 0 Å². The first kappa shape index (κ1) is 9.57. The van der Waals surface area contributed by atoms with Crippen LogP contribution < -0.4 is 5.32 Å². The fraction of sp³-hybridized carbons (Fsp3) is 0.900. The van der Waals surface area contributed by atoms with Crippen molar-refractivity contribution in [2.45, 2.75) is 6.42 Å². The second kappa shape index (κ2) is 3.43. The zero-order valence-electron chi connectivity index (χ0n) is 8.70. The zero-order valence-corrected chi connectivity index (χ0v) is 8.70. The summed E-state index contributed by atoms with van der Waals surface area (Å²) in [6.07, 6.45) is 0.945. The lowest BCUT2D eigenvalue weighted by atomic mass is 9.80. The Morgan fingerprint density at radius 3 is 3.27 bits per heavy atom. The maximum atomic E-state index is 12.3. The molecule has 0 radical (unpaired) electrons. The second-order valence-electron chi connectivity index (χ2n) is 4.59. The van der Waals surface area contributed by atoms with E-state index in [9.17, 15) is 4.79 Å². The van der Waals surface area contributed by atoms with E-state index in [0.29, 0.717) is 25.7 Å². The molecule has 3 rings (SSSR count). The van der Waals surface area contributed by atoms with Crippen molar-refractivity contribution in [2.75, 3.05) is 39.5 Å². The Morgan fingerprint density at radius 2 is 2.47 bits per heavy atom. The van der Waals surface area contributed by atoms with E-state index in [1.165, 1.54) is 5.06 Å². The number of fused-ring (bicyclic) bond motifs is 1. The molecule has 1 amide bonds. The van der Waals surface area contributed by atoms with Crippen molar-refractivity contribution >= 4 is 5.91 Å². The van der Waals surface area contributed by atoms with Crippen LogP contribution in [0.15, 0.2) is 0 Å². The summed E-state index contributed by atoms with van der Waals surface area (Å²) >= 11 is 0. The predicted molar refractivity (Wildman–Crippen MR) is 51.9 cm³/mol. The molecule has 2 atom stereocenters. The minimum atomic E-state index is -0.343. The molecule has 0 aromatic carbocycles. The Kier molecular flexibility index (Phi) is 2.19. The van der Waals surface area contributed by atoms with Gasteiger partial charge in [0.1, 0.15) is 0 Å². The summed E-state index contributed by atoms with van der Waals surface area (Å²) in [5.41, 5.74) is -0.343. The fourth-order valence-corrected chi connectivity index (χ4v) is 2.75. The van der Waals surface area contributed by atoms with E-state index in [2.05, 4.69) is 5.32 Å². The Morgan fingerprint density at radius 1 is 1.53 bits per heavy atom. The molecule has 1 N–H and O–H groups in total. The first-order valence-electron chi connectivity index (χ1n) is 5.56. The summed E-state index contributed by atoms with van der Waals surface area (Å²) in [6, 6.07) is 0. The van der Waals surface area contributed by atoms with Crippen LogP contribution in [0, 0.1) is 11.3 Å². The van der Waals surface area contributed by atoms with Gasteiger partial charge in [-0.05, 0) is 6.42 Å². The molecule has 15 heavy (non-hydrogen) atoms. The lowest BCUT2D eigenvalue weighted by Crippen LogP contribution is -2.47. The molecule has 0 spiro atoms. The molecule has 5 nitrogen and oxygen atoms in total. The Hall–Kier alpha value is -0.650. The fourth-order valence-electron chi connectivity index (χ4n) is 2.75. The van der Waals surface area contributed by atoms with Gasteiger partial charge in [-0.2, -0.15) is 0 Å². The highest BCUT2D eigenvalue weighted by Crippen LogP contribution is 2.39. The third kappa shape index (κ3) is 1.30. The van der Waals surface area contributed by atoms with Crippen molar-refractivity contribution in [1.29, 1.82) is 0 Å². The lowest BCUT2D eigenvalue weighted by Gasteiger charge is -2.28. The van der Waals surface area contributed by atoms with E-state index in [4.69, 9.17) is 9.57 Å². The molecule has 3 fully saturated rings. The Labute approximate surface area is 88.7 Å². The maximum Gasteiger partial charge on any atom is 0.256 e. The van der Waals surface area contributed by atoms with E-state index in [-0.39, 0.29) is 11.3 Å². The smallest absolute Gasteiger partial charge is 0.256 e. The molecule has 0 bridgehead atoms. The highest BCUT2D eigenvalue weighted by Gasteiger charge is 2.55. The van der Waals surface area contributed by atoms with Gasteiger partial charge in [-0.25, -0.2) is 5.06 Å². The minimum absolute atomic E-state index is 0.118. The maximum absolute atomic E-state index is 12.3. The number of nitrogens with one attached hydrogen (secondary N) is 1. The number of hydrogen-bond donors (Lipinski definition) is 1. The summed E-state index contributed by atoms with van der Waals surface area (Å²) < 4.78 is 5.45. The van der Waals surface area contributed by atoms with Gasteiger partial charge in [0.2, 0.25) is 0 Å². The molecule has 0 aromatic heterocycles. The molecule has 5 heteroatoms. The third-order valence-corrected chi connectivity index (χ3v) is 3.70. The number of nitrogens with zero attached hydrogens (tertiary/aromatic N) is 1. The highest BCUT2D eigenvalue weighted by atomic mass is 16.7. The molecular formula is C10H16N2O3. The van der Waals surface area contributed by atoms with E-state index in [1.54, 1.807) is 0 Å². The van der Waals surface area contributed by atoms with Crippen LogP contribution in [-0.4, -0.2) is 50.4 Å². The number of amides is 1. The number of hydroxylamine groups is 2. The molecule has 3 heterocycles. The van der Waals surface area contributed by atoms with E-state index in [1.807, 2.05) is 0 Å². The monoisotopic (exact) mass is 212 g/mol. The molecule has 3 saturated heterocycles. The molecule has 0 aliphatic carbocycles. The SMILES string of the molecule is O=C(N1CCCO1)[C@]12CNC[C@H]1COC2. The predicted octanol–water partition coefficient (Wildman–Crippen LogP) is -0.614. The minimum Gasteiger partial charge on any atom is -0.380 e. The van der Waals surface area contributed by atoms with Gasteiger partial charge in [0.15, 0.2) is 0 Å². The van der Waals surface area contributed by atoms with Crippen LogP contribution in [0.3, 0.4) is 0 Å². The van der Waals surface area contributed by atoms with E-state index >= 15 is 0 Å². The number of ether oxygens (including phenoxy) is 1. The molecule has 0 aromatic rings. The average Bonchev–Trinajstić information content (AvgIpc) is 2.93. The van der Waals surface area contributed by atoms with Gasteiger partial charge in [0.25, 0.3) is 5.91 Å². The van der Waals surface area contributed by atoms with Gasteiger partial charge in [-0.15, -0.1) is 0 Å². The summed E-state index contributed by atoms with van der Waals surface area (Å²) in [5.74, 6) is 0.446. The van der Waals surface area contributed by atoms with E-state index in [0.717, 1.165) is 26.1 Å². The molecule has 3 aliphatic heterocycles. The quantitative estimate of drug-likeness (QED) is 0.630. The number of rotatable bonds is 1. The van der Waals surface area contributed by atoms with Gasteiger partial charge in [0, 0.05) is 19.0 Å². The van der Waals surface area contributed by atoms with Crippen molar-refractivity contribution < 1.29 is 14.4 Å². The average molecular weight is 212 g/mol. The molecule has 0 saturated carbocycles. The largest absolute Gasteiger partial charge is 0.380 e. The summed E-state index contributed by atoms with van der Waals surface area (Å²) in [7, 11) is 0. The van der Waals surface area contributed by atoms with Crippen molar-refractivity contribution in [1.82, 2.24) is 10.4 Å². The van der Waals surface area contributed by atoms with Crippen molar-refractivity contribution in [3.8, 4) is 0 Å². The van der Waals surface area contributed by atoms with Gasteiger partial charge < -0.3 is 10.1 Å². The van der Waals surface area contributed by atoms with Crippen LogP contribution in [0.2, 0.25) is 0 Å². The van der Waals surface area contributed by atoms with Crippen LogP contribution in [0.1, 0.15) is 6.42 Å². The molecule has 3 aliphatic rings. The normalized spacial score (nSPS) is 39.7. The summed E-state index contributed by atoms with van der Waals surface area (Å²) in [6.45, 7) is 4.26. The van der Waals surface area contributed by atoms with Crippen LogP contribution in [0.25, 0.3) is 0 Å². The van der Waals surface area contributed by atoms with Crippen molar-refractivity contribution in [2.24, 2.45) is 11.3 Å². The first-order chi connectivity index (χ1) is 7.33. The second-order valence-corrected chi connectivity index (χ2v) is 4.59. The van der Waals surface area contributed by atoms with Gasteiger partial charge >= 0.3 is 0 Å². The molecule has 0 unspecified atom stereocenters. The lowest BCUT2D eigenvalue weighted by molar-refractivity contribution is -0.180. The van der Waals surface area contributed by atoms with Crippen molar-refractivity contribution in [3.05, 3.63) is 0 Å². The molecule has 84 valence electrons. The summed E-state index contributed by atoms with van der Waals surface area (Å²) in [5, 5.41) is 4.82. The Balaban J connectivity index is 1.81. The standard InChI is InChI=1S/C10H16N2O3/c13-9(12-2-1-3-15-12)10-6-11-4-8(10)5-14-7-10/h8,11H,1-7H2/t8-,10-/m0/s1. The van der Waals surface area contributed by atoms with Crippen LogP contribution in [0.5, 0.6) is 0 Å². The topological polar surface area (TPSA) is 50.8 Å². The van der Waals surface area contributed by atoms with Crippen LogP contribution >= 0.6 is 0 Å². The highest BCUT2D eigenvalue weighted by molar-refractivity contribution is 5.83. The molecular weight excluding hydrogens is 196 g/mol. The van der Waals surface area contributed by atoms with Crippen LogP contribution in [0.4, 0.5) is 0 Å². The summed E-state index contributed by atoms with van der Waals surface area (Å²) in [4.78, 5) is 17.7. The van der Waals surface area contributed by atoms with Gasteiger partial charge in [-0.3, -0.25) is 9.63 Å². The van der Waals surface area contributed by atoms with E-state index < -0.39 is 0 Å². The zero-order chi connectivity index (χ0) is 10.3. The van der Waals surface area contributed by atoms with Gasteiger partial charge in [0.05, 0.1) is 31.8 Å². The number of carbonyl (C=O) groups is 1. The number of hydrogen-bond acceptors (Lipinski definition) is 4. The van der Waals surface area contributed by atoms with Crippen LogP contribution in [-0.2, 0) is 14.4 Å². The first-order valence-corrected chi connectivity index (χ1v) is 5.56. The Bertz CT molecular complexity index is 266. The third-order valence-electron chi connectivity index (χ3n) is 3.70. The van der Waals surface area contributed by atoms with Crippen molar-refractivity contribution in [3.63, 3.8) is 0 Å².